The number of fused-ring (bicyclic) bond motifs is 2. The summed E-state index contributed by atoms with van der Waals surface area (Å²) in [5, 5.41) is 0.452. The third-order valence-electron chi connectivity index (χ3n) is 5.99. The fourth-order valence-corrected chi connectivity index (χ4v) is 5.11. The number of morpholine rings is 1. The maximum absolute atomic E-state index is 13.0. The van der Waals surface area contributed by atoms with Crippen molar-refractivity contribution in [1.29, 1.82) is 0 Å². The summed E-state index contributed by atoms with van der Waals surface area (Å²) in [5.74, 6) is 0.709. The van der Waals surface area contributed by atoms with Gasteiger partial charge in [-0.2, -0.15) is 13.2 Å². The molecule has 1 aliphatic carbocycles. The molecule has 31 heavy (non-hydrogen) atoms. The summed E-state index contributed by atoms with van der Waals surface area (Å²) in [6, 6.07) is 7.00. The predicted octanol–water partition coefficient (Wildman–Crippen LogP) is 5.56. The van der Waals surface area contributed by atoms with Crippen molar-refractivity contribution < 1.29 is 17.9 Å². The summed E-state index contributed by atoms with van der Waals surface area (Å²) in [6.45, 7) is 1.58. The highest BCUT2D eigenvalue weighted by Gasteiger charge is 2.38. The van der Waals surface area contributed by atoms with Gasteiger partial charge in [-0.15, -0.1) is 0 Å². The first kappa shape index (κ1) is 20.8. The third kappa shape index (κ3) is 3.85. The van der Waals surface area contributed by atoms with Gasteiger partial charge in [0.2, 0.25) is 5.95 Å². The molecule has 2 aliphatic rings. The van der Waals surface area contributed by atoms with Gasteiger partial charge >= 0.3 is 6.18 Å². The van der Waals surface area contributed by atoms with Gasteiger partial charge in [-0.1, -0.05) is 35.3 Å². The number of halogens is 5. The van der Waals surface area contributed by atoms with Crippen LogP contribution in [0.1, 0.15) is 30.4 Å². The molecule has 10 heteroatoms. The Morgan fingerprint density at radius 1 is 1.10 bits per heavy atom. The van der Waals surface area contributed by atoms with Crippen LogP contribution in [-0.2, 0) is 17.5 Å². The lowest BCUT2D eigenvalue weighted by Crippen LogP contribution is -2.49. The van der Waals surface area contributed by atoms with E-state index in [1.807, 2.05) is 4.57 Å². The average Bonchev–Trinajstić information content (AvgIpc) is 3.32. The van der Waals surface area contributed by atoms with Crippen LogP contribution in [0.4, 0.5) is 19.1 Å². The minimum absolute atomic E-state index is 0.158. The SMILES string of the molecule is FC(F)(F)c1ccc(Cn2c(N3CCOC4CCCC43)nc3cc(Cl)nc(Cl)c32)cc1. The second-order valence-electron chi connectivity index (χ2n) is 7.90. The largest absolute Gasteiger partial charge is 0.416 e. The van der Waals surface area contributed by atoms with Crippen LogP contribution in [0.15, 0.2) is 30.3 Å². The second kappa shape index (κ2) is 7.83. The number of imidazole rings is 1. The van der Waals surface area contributed by atoms with Gasteiger partial charge in [-0.3, -0.25) is 0 Å². The average molecular weight is 471 g/mol. The van der Waals surface area contributed by atoms with Crippen LogP contribution in [0.2, 0.25) is 10.3 Å². The zero-order valence-electron chi connectivity index (χ0n) is 16.4. The molecule has 0 bridgehead atoms. The molecule has 3 aromatic rings. The van der Waals surface area contributed by atoms with Crippen molar-refractivity contribution in [2.24, 2.45) is 0 Å². The van der Waals surface area contributed by atoms with Gasteiger partial charge in [0.1, 0.15) is 10.7 Å². The first-order chi connectivity index (χ1) is 14.8. The summed E-state index contributed by atoms with van der Waals surface area (Å²) in [4.78, 5) is 11.2. The zero-order valence-corrected chi connectivity index (χ0v) is 17.9. The van der Waals surface area contributed by atoms with E-state index < -0.39 is 11.7 Å². The number of hydrogen-bond donors (Lipinski definition) is 0. The zero-order chi connectivity index (χ0) is 21.8. The summed E-state index contributed by atoms with van der Waals surface area (Å²) < 4.78 is 46.7. The van der Waals surface area contributed by atoms with Crippen molar-refractivity contribution >= 4 is 40.2 Å². The van der Waals surface area contributed by atoms with Crippen molar-refractivity contribution in [2.45, 2.75) is 44.1 Å². The Kier molecular flexibility index (Phi) is 5.27. The molecule has 0 radical (unpaired) electrons. The standard InChI is InChI=1S/C21H19Cl2F3N4O/c22-17-10-14-18(19(23)28-17)30(11-12-4-6-13(7-5-12)21(24,25)26)20(27-14)29-8-9-31-16-3-1-2-15(16)29/h4-7,10,15-16H,1-3,8-9,11H2. The van der Waals surface area contributed by atoms with E-state index in [0.29, 0.717) is 42.2 Å². The number of benzene rings is 1. The molecule has 0 amide bonds. The lowest BCUT2D eigenvalue weighted by atomic mass is 10.1. The molecule has 1 aliphatic heterocycles. The number of nitrogens with zero attached hydrogens (tertiary/aromatic N) is 4. The minimum Gasteiger partial charge on any atom is -0.374 e. The molecule has 5 nitrogen and oxygen atoms in total. The van der Waals surface area contributed by atoms with Crippen LogP contribution >= 0.6 is 23.2 Å². The van der Waals surface area contributed by atoms with Crippen LogP contribution < -0.4 is 4.90 Å². The molecular weight excluding hydrogens is 452 g/mol. The predicted molar refractivity (Wildman–Crippen MR) is 113 cm³/mol. The lowest BCUT2D eigenvalue weighted by Gasteiger charge is -2.38. The Bertz CT molecular complexity index is 1120. The second-order valence-corrected chi connectivity index (χ2v) is 8.64. The lowest BCUT2D eigenvalue weighted by molar-refractivity contribution is -0.137. The van der Waals surface area contributed by atoms with Gasteiger partial charge in [0, 0.05) is 12.6 Å². The molecule has 1 saturated heterocycles. The van der Waals surface area contributed by atoms with Gasteiger partial charge in [0.15, 0.2) is 5.15 Å². The van der Waals surface area contributed by atoms with Crippen LogP contribution in [0, 0.1) is 0 Å². The number of rotatable bonds is 3. The summed E-state index contributed by atoms with van der Waals surface area (Å²) in [7, 11) is 0. The van der Waals surface area contributed by atoms with E-state index >= 15 is 0 Å². The van der Waals surface area contributed by atoms with E-state index in [4.69, 9.17) is 32.9 Å². The van der Waals surface area contributed by atoms with Crippen LogP contribution in [-0.4, -0.2) is 39.8 Å². The number of ether oxygens (including phenoxy) is 1. The molecule has 5 rings (SSSR count). The van der Waals surface area contributed by atoms with Gasteiger partial charge in [-0.05, 0) is 37.0 Å². The van der Waals surface area contributed by atoms with Crippen LogP contribution in [0.3, 0.4) is 0 Å². The highest BCUT2D eigenvalue weighted by molar-refractivity contribution is 6.36. The molecule has 3 heterocycles. The highest BCUT2D eigenvalue weighted by atomic mass is 35.5. The number of pyridine rings is 1. The van der Waals surface area contributed by atoms with E-state index in [1.54, 1.807) is 6.07 Å². The molecule has 164 valence electrons. The third-order valence-corrected chi connectivity index (χ3v) is 6.45. The minimum atomic E-state index is -4.37. The Hall–Kier alpha value is -2.03. The summed E-state index contributed by atoms with van der Waals surface area (Å²) in [6.07, 6.45) is -1.12. The van der Waals surface area contributed by atoms with Crippen LogP contribution in [0.25, 0.3) is 11.0 Å². The number of aromatic nitrogens is 3. The van der Waals surface area contributed by atoms with E-state index in [-0.39, 0.29) is 22.5 Å². The molecule has 2 aromatic heterocycles. The first-order valence-corrected chi connectivity index (χ1v) is 10.8. The molecule has 1 saturated carbocycles. The summed E-state index contributed by atoms with van der Waals surface area (Å²) in [5.41, 5.74) is 1.24. The fourth-order valence-electron chi connectivity index (χ4n) is 4.59. The van der Waals surface area contributed by atoms with Gasteiger partial charge in [-0.25, -0.2) is 9.97 Å². The highest BCUT2D eigenvalue weighted by Crippen LogP contribution is 2.37. The van der Waals surface area contributed by atoms with E-state index in [0.717, 1.165) is 31.4 Å². The smallest absolute Gasteiger partial charge is 0.374 e. The van der Waals surface area contributed by atoms with Crippen molar-refractivity contribution in [1.82, 2.24) is 14.5 Å². The molecule has 2 atom stereocenters. The van der Waals surface area contributed by atoms with Crippen molar-refractivity contribution in [3.05, 3.63) is 51.8 Å². The first-order valence-electron chi connectivity index (χ1n) is 10.1. The van der Waals surface area contributed by atoms with Crippen molar-refractivity contribution in [3.63, 3.8) is 0 Å². The Balaban J connectivity index is 1.59. The van der Waals surface area contributed by atoms with E-state index in [9.17, 15) is 13.2 Å². The van der Waals surface area contributed by atoms with Crippen molar-refractivity contribution in [2.75, 3.05) is 18.1 Å². The molecule has 2 fully saturated rings. The van der Waals surface area contributed by atoms with Gasteiger partial charge < -0.3 is 14.2 Å². The topological polar surface area (TPSA) is 43.2 Å². The number of anilines is 1. The normalized spacial score (nSPS) is 21.6. The molecule has 0 spiro atoms. The van der Waals surface area contributed by atoms with Gasteiger partial charge in [0.05, 0.1) is 36.4 Å². The molecular formula is C21H19Cl2F3N4O. The molecule has 1 aromatic carbocycles. The summed E-state index contributed by atoms with van der Waals surface area (Å²) >= 11 is 12.5. The number of hydrogen-bond acceptors (Lipinski definition) is 4. The molecule has 0 N–H and O–H groups in total. The Morgan fingerprint density at radius 2 is 1.87 bits per heavy atom. The van der Waals surface area contributed by atoms with E-state index in [1.165, 1.54) is 12.1 Å². The van der Waals surface area contributed by atoms with E-state index in [2.05, 4.69) is 9.88 Å². The number of alkyl halides is 3. The van der Waals surface area contributed by atoms with Crippen LogP contribution in [0.5, 0.6) is 0 Å². The maximum Gasteiger partial charge on any atom is 0.416 e. The monoisotopic (exact) mass is 470 g/mol. The maximum atomic E-state index is 13.0. The Labute approximate surface area is 186 Å². The Morgan fingerprint density at radius 3 is 2.61 bits per heavy atom. The van der Waals surface area contributed by atoms with Gasteiger partial charge in [0.25, 0.3) is 0 Å². The quantitative estimate of drug-likeness (QED) is 0.469. The van der Waals surface area contributed by atoms with Crippen molar-refractivity contribution in [3.8, 4) is 0 Å². The fraction of sp³-hybridized carbons (Fsp3) is 0.429. The molecule has 2 unspecified atom stereocenters.